The summed E-state index contributed by atoms with van der Waals surface area (Å²) in [5.74, 6) is 0.471. The maximum atomic E-state index is 13.9. The van der Waals surface area contributed by atoms with Gasteiger partial charge in [0.05, 0.1) is 37.0 Å². The Morgan fingerprint density at radius 2 is 1.85 bits per heavy atom. The lowest BCUT2D eigenvalue weighted by molar-refractivity contribution is -0.140. The Balaban J connectivity index is 1.47. The van der Waals surface area contributed by atoms with E-state index < -0.39 is 0 Å². The number of hydrogen-bond acceptors (Lipinski definition) is 7. The summed E-state index contributed by atoms with van der Waals surface area (Å²) in [5, 5.41) is 3.70. The van der Waals surface area contributed by atoms with Crippen molar-refractivity contribution in [2.45, 2.75) is 45.6 Å². The van der Waals surface area contributed by atoms with Crippen molar-refractivity contribution in [2.75, 3.05) is 37.0 Å². The predicted octanol–water partition coefficient (Wildman–Crippen LogP) is 6.40. The number of ketones is 1. The number of fused-ring (bicyclic) bond motifs is 2. The van der Waals surface area contributed by atoms with Crippen LogP contribution in [0.15, 0.2) is 71.7 Å². The third kappa shape index (κ3) is 5.74. The Bertz CT molecular complexity index is 1420. The van der Waals surface area contributed by atoms with Crippen molar-refractivity contribution in [2.24, 2.45) is 10.9 Å². The summed E-state index contributed by atoms with van der Waals surface area (Å²) in [6.45, 7) is 7.37. The molecule has 1 saturated carbocycles. The van der Waals surface area contributed by atoms with E-state index in [1.807, 2.05) is 36.4 Å². The molecule has 3 aromatic carbocycles. The molecule has 7 heteroatoms. The van der Waals surface area contributed by atoms with Gasteiger partial charge in [-0.25, -0.2) is 0 Å². The number of nitrogens with zero attached hydrogens (tertiary/aromatic N) is 2. The highest BCUT2D eigenvalue weighted by molar-refractivity contribution is 6.11. The molecule has 1 aliphatic carbocycles. The van der Waals surface area contributed by atoms with Crippen LogP contribution in [-0.2, 0) is 14.3 Å². The average Bonchev–Trinajstić information content (AvgIpc) is 3.12. The zero-order valence-electron chi connectivity index (χ0n) is 23.6. The quantitative estimate of drug-likeness (QED) is 0.334. The minimum atomic E-state index is -0.349. The second-order valence-electron chi connectivity index (χ2n) is 10.5. The third-order valence-corrected chi connectivity index (χ3v) is 8.01. The first kappa shape index (κ1) is 27.4. The molecule has 1 aliphatic heterocycles. The van der Waals surface area contributed by atoms with Gasteiger partial charge < -0.3 is 19.7 Å². The number of aryl methyl sites for hydroxylation is 1. The summed E-state index contributed by atoms with van der Waals surface area (Å²) in [6.07, 6.45) is 1.20. The van der Waals surface area contributed by atoms with Crippen LogP contribution < -0.4 is 15.0 Å². The van der Waals surface area contributed by atoms with Gasteiger partial charge >= 0.3 is 5.97 Å². The molecule has 7 nitrogen and oxygen atoms in total. The molecule has 0 aromatic heterocycles. The Kier molecular flexibility index (Phi) is 8.19. The predicted molar refractivity (Wildman–Crippen MR) is 159 cm³/mol. The van der Waals surface area contributed by atoms with Crippen LogP contribution in [-0.4, -0.2) is 44.3 Å². The molecule has 5 rings (SSSR count). The van der Waals surface area contributed by atoms with E-state index >= 15 is 0 Å². The normalized spacial score (nSPS) is 19.9. The van der Waals surface area contributed by atoms with Crippen molar-refractivity contribution in [3.8, 4) is 5.75 Å². The first-order valence-corrected chi connectivity index (χ1v) is 14.0. The lowest BCUT2D eigenvalue weighted by Crippen LogP contribution is -2.39. The molecule has 1 heterocycles. The molecular formula is C33H37N3O4. The number of ether oxygens (including phenoxy) is 2. The number of hydrogen-bond donors (Lipinski definition) is 1. The lowest BCUT2D eigenvalue weighted by Gasteiger charge is -2.35. The molecule has 0 saturated heterocycles. The number of benzene rings is 3. The average molecular weight is 540 g/mol. The van der Waals surface area contributed by atoms with Gasteiger partial charge in [0.15, 0.2) is 0 Å². The molecule has 1 fully saturated rings. The summed E-state index contributed by atoms with van der Waals surface area (Å²) in [7, 11) is 1.66. The van der Waals surface area contributed by atoms with Crippen LogP contribution in [0.4, 0.5) is 17.1 Å². The Morgan fingerprint density at radius 1 is 1.07 bits per heavy atom. The number of carbonyl (C=O) groups excluding carboxylic acids is 2. The van der Waals surface area contributed by atoms with E-state index in [2.05, 4.69) is 54.4 Å². The third-order valence-electron chi connectivity index (χ3n) is 8.01. The fourth-order valence-corrected chi connectivity index (χ4v) is 5.94. The van der Waals surface area contributed by atoms with Crippen LogP contribution in [0.1, 0.15) is 55.3 Å². The fourth-order valence-electron chi connectivity index (χ4n) is 5.94. The van der Waals surface area contributed by atoms with Gasteiger partial charge in [0.1, 0.15) is 18.1 Å². The Hall–Kier alpha value is -4.13. The number of methoxy groups -OCH3 is 1. The molecule has 2 aliphatic rings. The molecule has 0 radical (unpaired) electrons. The van der Waals surface area contributed by atoms with E-state index in [1.165, 1.54) is 6.92 Å². The summed E-state index contributed by atoms with van der Waals surface area (Å²) >= 11 is 0. The number of esters is 1. The molecule has 40 heavy (non-hydrogen) atoms. The highest BCUT2D eigenvalue weighted by atomic mass is 16.5. The maximum Gasteiger partial charge on any atom is 0.302 e. The van der Waals surface area contributed by atoms with Gasteiger partial charge in [-0.05, 0) is 79.3 Å². The zero-order valence-corrected chi connectivity index (χ0v) is 23.6. The summed E-state index contributed by atoms with van der Waals surface area (Å²) in [4.78, 5) is 32.4. The van der Waals surface area contributed by atoms with Crippen molar-refractivity contribution >= 4 is 34.5 Å². The standard InChI is InChI=1S/C33H37N3O4/c1-5-36(16-17-40-22(3)37)25-12-15-27(21(2)18-25)33-32-30(34-28-8-6-7-9-29(28)35-33)19-24(20-31(32)38)23-10-13-26(39-4)14-11-23/h6-15,18,24,32-33,35H,5,16-17,19-20H2,1-4H3. The number of nitrogens with one attached hydrogen (secondary N) is 1. The molecule has 1 N–H and O–H groups in total. The maximum absolute atomic E-state index is 13.9. The van der Waals surface area contributed by atoms with Crippen LogP contribution in [0.5, 0.6) is 5.75 Å². The second-order valence-corrected chi connectivity index (χ2v) is 10.5. The largest absolute Gasteiger partial charge is 0.497 e. The molecule has 0 spiro atoms. The van der Waals surface area contributed by atoms with E-state index in [-0.39, 0.29) is 29.6 Å². The summed E-state index contributed by atoms with van der Waals surface area (Å²) < 4.78 is 10.5. The summed E-state index contributed by atoms with van der Waals surface area (Å²) in [6, 6.07) is 22.2. The zero-order chi connectivity index (χ0) is 28.2. The monoisotopic (exact) mass is 539 g/mol. The van der Waals surface area contributed by atoms with Crippen LogP contribution >= 0.6 is 0 Å². The fraction of sp³-hybridized carbons (Fsp3) is 0.364. The van der Waals surface area contributed by atoms with Crippen molar-refractivity contribution in [3.05, 3.63) is 83.4 Å². The van der Waals surface area contributed by atoms with Crippen LogP contribution in [0.3, 0.4) is 0 Å². The van der Waals surface area contributed by atoms with Gasteiger partial charge in [-0.15, -0.1) is 0 Å². The topological polar surface area (TPSA) is 80.2 Å². The van der Waals surface area contributed by atoms with E-state index in [0.29, 0.717) is 19.6 Å². The number of rotatable bonds is 8. The highest BCUT2D eigenvalue weighted by Gasteiger charge is 2.42. The molecule has 3 atom stereocenters. The Morgan fingerprint density at radius 3 is 2.55 bits per heavy atom. The van der Waals surface area contributed by atoms with Crippen molar-refractivity contribution in [3.63, 3.8) is 0 Å². The SMILES string of the molecule is CCN(CCOC(C)=O)c1ccc(C2Nc3ccccc3N=C3CC(c4ccc(OC)cc4)CC(=O)C32)c(C)c1. The molecule has 0 amide bonds. The number of carbonyl (C=O) groups is 2. The summed E-state index contributed by atoms with van der Waals surface area (Å²) in [5.41, 5.74) is 7.11. The van der Waals surface area contributed by atoms with Crippen LogP contribution in [0, 0.1) is 12.8 Å². The van der Waals surface area contributed by atoms with Gasteiger partial charge in [-0.2, -0.15) is 0 Å². The number of aliphatic imine (C=N–C) groups is 1. The first-order valence-electron chi connectivity index (χ1n) is 14.0. The number of anilines is 2. The number of likely N-dealkylation sites (N-methyl/N-ethyl adjacent to an activating group) is 1. The van der Waals surface area contributed by atoms with Gasteiger partial charge in [0.25, 0.3) is 0 Å². The minimum Gasteiger partial charge on any atom is -0.497 e. The molecule has 3 unspecified atom stereocenters. The second kappa shape index (κ2) is 11.9. The lowest BCUT2D eigenvalue weighted by atomic mass is 9.72. The van der Waals surface area contributed by atoms with Gasteiger partial charge in [0.2, 0.25) is 0 Å². The smallest absolute Gasteiger partial charge is 0.302 e. The number of Topliss-reactive ketones (excluding diaryl/α,β-unsaturated/α-hetero) is 1. The van der Waals surface area contributed by atoms with Crippen LogP contribution in [0.25, 0.3) is 0 Å². The highest BCUT2D eigenvalue weighted by Crippen LogP contribution is 2.45. The minimum absolute atomic E-state index is 0.0816. The molecular weight excluding hydrogens is 502 g/mol. The van der Waals surface area contributed by atoms with E-state index in [9.17, 15) is 9.59 Å². The van der Waals surface area contributed by atoms with E-state index in [1.54, 1.807) is 7.11 Å². The van der Waals surface area contributed by atoms with Gasteiger partial charge in [-0.3, -0.25) is 14.6 Å². The first-order chi connectivity index (χ1) is 19.4. The number of para-hydroxylation sites is 2. The van der Waals surface area contributed by atoms with Crippen molar-refractivity contribution < 1.29 is 19.1 Å². The molecule has 0 bridgehead atoms. The molecule has 3 aromatic rings. The van der Waals surface area contributed by atoms with Crippen molar-refractivity contribution in [1.29, 1.82) is 0 Å². The molecule has 208 valence electrons. The van der Waals surface area contributed by atoms with Gasteiger partial charge in [0, 0.05) is 31.3 Å². The van der Waals surface area contributed by atoms with E-state index in [4.69, 9.17) is 14.5 Å². The van der Waals surface area contributed by atoms with Crippen LogP contribution in [0.2, 0.25) is 0 Å². The van der Waals surface area contributed by atoms with E-state index in [0.717, 1.165) is 58.2 Å². The van der Waals surface area contributed by atoms with Crippen molar-refractivity contribution in [1.82, 2.24) is 0 Å². The van der Waals surface area contributed by atoms with Gasteiger partial charge in [-0.1, -0.05) is 30.3 Å². The Labute approximate surface area is 236 Å².